The van der Waals surface area contributed by atoms with Crippen molar-refractivity contribution in [1.29, 1.82) is 0 Å². The number of aliphatic carboxylic acids is 2. The number of nitrogens with zero attached hydrogens (tertiary/aromatic N) is 2. The predicted molar refractivity (Wildman–Crippen MR) is 59.9 cm³/mol. The summed E-state index contributed by atoms with van der Waals surface area (Å²) in [6.45, 7) is 0. The van der Waals surface area contributed by atoms with Crippen molar-refractivity contribution < 1.29 is 111 Å². The van der Waals surface area contributed by atoms with Crippen LogP contribution < -0.4 is 109 Å². The number of nitrogens with two attached hydrogens (primary N) is 1. The molecular formula is C5H15KN5NaO10. The normalized spacial score (nSPS) is 7.86. The van der Waals surface area contributed by atoms with Crippen molar-refractivity contribution in [2.24, 2.45) is 5.73 Å². The van der Waals surface area contributed by atoms with Crippen molar-refractivity contribution in [3.8, 4) is 0 Å². The zero-order chi connectivity index (χ0) is 15.3. The molecule has 0 aromatic carbocycles. The fourth-order valence-electron chi connectivity index (χ4n) is 0.391. The summed E-state index contributed by atoms with van der Waals surface area (Å²) in [6.07, 6.45) is -0.500. The molecule has 0 radical (unpaired) electrons. The summed E-state index contributed by atoms with van der Waals surface area (Å²) < 4.78 is 0. The molecule has 0 saturated carbocycles. The Bertz CT molecular complexity index is 287. The minimum absolute atomic E-state index is 0. The minimum atomic E-state index is -1.75. The van der Waals surface area contributed by atoms with E-state index in [4.69, 9.17) is 36.4 Å². The van der Waals surface area contributed by atoms with Crippen molar-refractivity contribution in [2.75, 3.05) is 0 Å². The molecule has 0 aliphatic rings. The van der Waals surface area contributed by atoms with Gasteiger partial charge in [0.15, 0.2) is 0 Å². The summed E-state index contributed by atoms with van der Waals surface area (Å²) in [7, 11) is 0. The van der Waals surface area contributed by atoms with E-state index in [9.17, 15) is 19.8 Å². The van der Waals surface area contributed by atoms with Gasteiger partial charge in [0.25, 0.3) is 0 Å². The molecule has 15 nitrogen and oxygen atoms in total. The SMILES string of the molecule is N[C@@H](CCC(=O)[O-])C(=O)[O-].O=[N+]([O-])[O-].O=[N+]([O-])[O-].[K+].[NH4+].[NH4+].[Na+]. The zero-order valence-electron chi connectivity index (χ0n) is 12.5. The van der Waals surface area contributed by atoms with E-state index in [-0.39, 0.29) is 106 Å². The molecule has 0 spiro atoms. The fourth-order valence-corrected chi connectivity index (χ4v) is 0.391. The number of hydrogen-bond acceptors (Lipinski definition) is 11. The number of carboxylic acid groups (broad SMARTS) is 2. The van der Waals surface area contributed by atoms with Gasteiger partial charge in [0.2, 0.25) is 0 Å². The van der Waals surface area contributed by atoms with Gasteiger partial charge in [-0.05, 0) is 12.8 Å². The number of carboxylic acids is 2. The number of hydrogen-bond donors (Lipinski definition) is 3. The number of carbonyl (C=O) groups excluding carboxylic acids is 2. The van der Waals surface area contributed by atoms with Crippen molar-refractivity contribution in [3.63, 3.8) is 0 Å². The molecular weight excluding hydrogens is 352 g/mol. The first-order valence-electron chi connectivity index (χ1n) is 3.80. The molecule has 0 bridgehead atoms. The van der Waals surface area contributed by atoms with Crippen LogP contribution in [-0.4, -0.2) is 28.2 Å². The monoisotopic (exact) mass is 367 g/mol. The van der Waals surface area contributed by atoms with E-state index >= 15 is 0 Å². The predicted octanol–water partition coefficient (Wildman–Crippen LogP) is -9.12. The van der Waals surface area contributed by atoms with Crippen LogP contribution in [0.1, 0.15) is 12.8 Å². The first-order valence-corrected chi connectivity index (χ1v) is 3.80. The number of carbonyl (C=O) groups is 2. The van der Waals surface area contributed by atoms with Crippen LogP contribution in [0.2, 0.25) is 0 Å². The Morgan fingerprint density at radius 1 is 0.955 bits per heavy atom. The molecule has 0 aromatic heterocycles. The molecule has 0 rings (SSSR count). The van der Waals surface area contributed by atoms with Crippen molar-refractivity contribution >= 4 is 11.9 Å². The van der Waals surface area contributed by atoms with Crippen LogP contribution >= 0.6 is 0 Å². The first kappa shape index (κ1) is 43.1. The quantitative estimate of drug-likeness (QED) is 0.238. The third kappa shape index (κ3) is 90.0. The topological polar surface area (TPSA) is 312 Å². The van der Waals surface area contributed by atoms with Crippen LogP contribution in [0.5, 0.6) is 0 Å². The summed E-state index contributed by atoms with van der Waals surface area (Å²) in [5.41, 5.74) is 4.91. The smallest absolute Gasteiger partial charge is 0.550 e. The van der Waals surface area contributed by atoms with Crippen LogP contribution in [0.3, 0.4) is 0 Å². The Morgan fingerprint density at radius 3 is 1.32 bits per heavy atom. The summed E-state index contributed by atoms with van der Waals surface area (Å²) in [5, 5.41) is 49.1. The maximum Gasteiger partial charge on any atom is 1.00 e. The first-order chi connectivity index (χ1) is 8.00. The van der Waals surface area contributed by atoms with Gasteiger partial charge in [-0.15, -0.1) is 0 Å². The summed E-state index contributed by atoms with van der Waals surface area (Å²) in [5.74, 6) is -2.75. The average Bonchev–Trinajstić information content (AvgIpc) is 2.11. The van der Waals surface area contributed by atoms with E-state index in [1.807, 2.05) is 0 Å². The molecule has 0 saturated heterocycles. The number of rotatable bonds is 4. The Kier molecular flexibility index (Phi) is 56.7. The van der Waals surface area contributed by atoms with Gasteiger partial charge in [-0.25, -0.2) is 0 Å². The van der Waals surface area contributed by atoms with Gasteiger partial charge in [0.1, 0.15) is 0 Å². The third-order valence-electron chi connectivity index (χ3n) is 0.962. The molecule has 22 heavy (non-hydrogen) atoms. The number of quaternary nitrogens is 2. The largest absolute Gasteiger partial charge is 1.00 e. The molecule has 0 aliphatic carbocycles. The zero-order valence-corrected chi connectivity index (χ0v) is 17.7. The second kappa shape index (κ2) is 28.9. The Balaban J connectivity index is -0.0000000325. The Hall–Kier alpha value is -0.144. The summed E-state index contributed by atoms with van der Waals surface area (Å²) >= 11 is 0. The van der Waals surface area contributed by atoms with Gasteiger partial charge < -0.3 is 68.5 Å². The molecule has 0 unspecified atom stereocenters. The molecule has 122 valence electrons. The fraction of sp³-hybridized carbons (Fsp3) is 0.600. The van der Waals surface area contributed by atoms with E-state index in [2.05, 4.69) is 0 Å². The van der Waals surface area contributed by atoms with Gasteiger partial charge in [-0.2, -0.15) is 0 Å². The Labute approximate surface area is 188 Å². The van der Waals surface area contributed by atoms with Gasteiger partial charge in [-0.1, -0.05) is 0 Å². The van der Waals surface area contributed by atoms with Gasteiger partial charge in [0.05, 0.1) is 16.1 Å². The molecule has 0 heterocycles. The molecule has 10 N–H and O–H groups in total. The molecule has 0 fully saturated rings. The molecule has 17 heteroatoms. The molecule has 0 amide bonds. The second-order valence-electron chi connectivity index (χ2n) is 2.28. The molecule has 0 aromatic rings. The van der Waals surface area contributed by atoms with E-state index in [0.29, 0.717) is 0 Å². The van der Waals surface area contributed by atoms with Crippen LogP contribution in [0.15, 0.2) is 0 Å². The maximum absolute atomic E-state index is 9.86. The molecule has 1 atom stereocenters. The Morgan fingerprint density at radius 2 is 1.18 bits per heavy atom. The van der Waals surface area contributed by atoms with Crippen molar-refractivity contribution in [1.82, 2.24) is 12.3 Å². The van der Waals surface area contributed by atoms with Crippen LogP contribution in [0, 0.1) is 30.6 Å². The maximum atomic E-state index is 9.86. The van der Waals surface area contributed by atoms with Gasteiger partial charge in [0, 0.05) is 12.0 Å². The van der Waals surface area contributed by atoms with Crippen molar-refractivity contribution in [3.05, 3.63) is 30.6 Å². The van der Waals surface area contributed by atoms with Crippen LogP contribution in [-0.2, 0) is 9.59 Å². The van der Waals surface area contributed by atoms with Gasteiger partial charge >= 0.3 is 80.9 Å². The minimum Gasteiger partial charge on any atom is -0.550 e. The van der Waals surface area contributed by atoms with Crippen LogP contribution in [0.4, 0.5) is 0 Å². The average molecular weight is 367 g/mol. The summed E-state index contributed by atoms with van der Waals surface area (Å²) in [4.78, 5) is 36.1. The van der Waals surface area contributed by atoms with E-state index in [1.165, 1.54) is 0 Å². The third-order valence-corrected chi connectivity index (χ3v) is 0.962. The van der Waals surface area contributed by atoms with E-state index in [1.54, 1.807) is 0 Å². The summed E-state index contributed by atoms with van der Waals surface area (Å²) in [6, 6.07) is -1.21. The standard InChI is InChI=1S/C5H9NO4.K.2NO3.2H3N.Na/c6-3(5(9)10)1-2-4(7)8;;2*2-1(3)4;;;/h3H,1-2,6H2,(H,7,8)(H,9,10);;;;2*1H3;/q;+1;2*-1;;;+1/t3-;;;;;;/m0....../s1. The van der Waals surface area contributed by atoms with E-state index in [0.717, 1.165) is 0 Å². The second-order valence-corrected chi connectivity index (χ2v) is 2.28. The van der Waals surface area contributed by atoms with Gasteiger partial charge in [-0.3, -0.25) is 0 Å². The van der Waals surface area contributed by atoms with E-state index < -0.39 is 28.2 Å². The van der Waals surface area contributed by atoms with Crippen LogP contribution in [0.25, 0.3) is 0 Å². The van der Waals surface area contributed by atoms with Crippen molar-refractivity contribution in [2.45, 2.75) is 18.9 Å². The molecule has 0 aliphatic heterocycles.